The molecule has 1 atom stereocenters. The van der Waals surface area contributed by atoms with Gasteiger partial charge in [0.05, 0.1) is 10.5 Å². The standard InChI is InChI=1S/C13H16BrFN2.ClH/c1-2-13(17-7-5-16-6-8-17)10-3-4-12(15)11(14)9-10;/h2-4,9,13,16H,1,5-8H2;1H/t13-;/m0./s1. The molecule has 0 aliphatic carbocycles. The van der Waals surface area contributed by atoms with Crippen molar-refractivity contribution < 1.29 is 4.39 Å². The number of hydrogen-bond acceptors (Lipinski definition) is 2. The van der Waals surface area contributed by atoms with Crippen LogP contribution in [0.1, 0.15) is 11.6 Å². The van der Waals surface area contributed by atoms with Crippen LogP contribution in [0.3, 0.4) is 0 Å². The highest BCUT2D eigenvalue weighted by Crippen LogP contribution is 2.26. The highest BCUT2D eigenvalue weighted by atomic mass is 79.9. The van der Waals surface area contributed by atoms with E-state index in [-0.39, 0.29) is 24.3 Å². The van der Waals surface area contributed by atoms with Gasteiger partial charge in [-0.15, -0.1) is 19.0 Å². The minimum Gasteiger partial charge on any atom is -0.314 e. The lowest BCUT2D eigenvalue weighted by atomic mass is 10.0. The molecule has 18 heavy (non-hydrogen) atoms. The summed E-state index contributed by atoms with van der Waals surface area (Å²) in [6, 6.07) is 5.32. The van der Waals surface area contributed by atoms with Gasteiger partial charge in [0.2, 0.25) is 0 Å². The third kappa shape index (κ3) is 3.54. The summed E-state index contributed by atoms with van der Waals surface area (Å²) < 4.78 is 13.7. The topological polar surface area (TPSA) is 15.3 Å². The van der Waals surface area contributed by atoms with Crippen molar-refractivity contribution in [2.75, 3.05) is 26.2 Å². The van der Waals surface area contributed by atoms with Gasteiger partial charge in [-0.25, -0.2) is 4.39 Å². The molecule has 0 saturated carbocycles. The molecule has 5 heteroatoms. The first-order chi connectivity index (χ1) is 8.22. The molecule has 1 aromatic rings. The summed E-state index contributed by atoms with van der Waals surface area (Å²) in [5, 5.41) is 3.32. The maximum atomic E-state index is 13.2. The maximum absolute atomic E-state index is 13.2. The van der Waals surface area contributed by atoms with Gasteiger partial charge in [0.1, 0.15) is 5.82 Å². The Labute approximate surface area is 122 Å². The fourth-order valence-corrected chi connectivity index (χ4v) is 2.55. The van der Waals surface area contributed by atoms with Crippen molar-refractivity contribution in [1.82, 2.24) is 10.2 Å². The van der Waals surface area contributed by atoms with Gasteiger partial charge in [0.25, 0.3) is 0 Å². The molecule has 1 saturated heterocycles. The first-order valence-electron chi connectivity index (χ1n) is 5.74. The van der Waals surface area contributed by atoms with Crippen LogP contribution in [0.4, 0.5) is 4.39 Å². The third-order valence-corrected chi connectivity index (χ3v) is 3.66. The smallest absolute Gasteiger partial charge is 0.137 e. The zero-order valence-corrected chi connectivity index (χ0v) is 12.4. The lowest BCUT2D eigenvalue weighted by molar-refractivity contribution is 0.203. The average Bonchev–Trinajstić information content (AvgIpc) is 2.36. The summed E-state index contributed by atoms with van der Waals surface area (Å²) >= 11 is 3.23. The molecular weight excluding hydrogens is 319 g/mol. The van der Waals surface area contributed by atoms with Crippen molar-refractivity contribution in [2.24, 2.45) is 0 Å². The molecule has 1 N–H and O–H groups in total. The highest BCUT2D eigenvalue weighted by molar-refractivity contribution is 9.10. The van der Waals surface area contributed by atoms with Crippen molar-refractivity contribution in [3.05, 3.63) is 46.7 Å². The van der Waals surface area contributed by atoms with Crippen molar-refractivity contribution in [1.29, 1.82) is 0 Å². The third-order valence-electron chi connectivity index (χ3n) is 3.05. The normalized spacial score (nSPS) is 17.9. The summed E-state index contributed by atoms with van der Waals surface area (Å²) in [6.45, 7) is 7.86. The molecule has 2 rings (SSSR count). The fourth-order valence-electron chi connectivity index (χ4n) is 2.15. The van der Waals surface area contributed by atoms with Gasteiger partial charge in [-0.1, -0.05) is 12.1 Å². The summed E-state index contributed by atoms with van der Waals surface area (Å²) in [7, 11) is 0. The van der Waals surface area contributed by atoms with Crippen LogP contribution >= 0.6 is 28.3 Å². The molecular formula is C13H17BrClFN2. The lowest BCUT2D eigenvalue weighted by Crippen LogP contribution is -2.44. The van der Waals surface area contributed by atoms with E-state index in [2.05, 4.69) is 32.7 Å². The molecule has 1 aromatic carbocycles. The van der Waals surface area contributed by atoms with Crippen molar-refractivity contribution >= 4 is 28.3 Å². The fraction of sp³-hybridized carbons (Fsp3) is 0.385. The Hall–Kier alpha value is -0.420. The van der Waals surface area contributed by atoms with Gasteiger partial charge in [-0.2, -0.15) is 0 Å². The van der Waals surface area contributed by atoms with Crippen LogP contribution < -0.4 is 5.32 Å². The van der Waals surface area contributed by atoms with Crippen LogP contribution in [0.15, 0.2) is 35.3 Å². The van der Waals surface area contributed by atoms with Crippen LogP contribution in [0.2, 0.25) is 0 Å². The number of benzene rings is 1. The Morgan fingerprint density at radius 2 is 2.06 bits per heavy atom. The highest BCUT2D eigenvalue weighted by Gasteiger charge is 2.19. The number of hydrogen-bond donors (Lipinski definition) is 1. The van der Waals surface area contributed by atoms with Crippen LogP contribution in [0, 0.1) is 5.82 Å². The van der Waals surface area contributed by atoms with Gasteiger partial charge in [-0.05, 0) is 33.6 Å². The first-order valence-corrected chi connectivity index (χ1v) is 6.54. The van der Waals surface area contributed by atoms with E-state index >= 15 is 0 Å². The molecule has 0 bridgehead atoms. The Bertz CT molecular complexity index is 408. The predicted molar refractivity (Wildman–Crippen MR) is 78.7 cm³/mol. The largest absolute Gasteiger partial charge is 0.314 e. The molecule has 0 amide bonds. The molecule has 0 unspecified atom stereocenters. The molecule has 1 heterocycles. The van der Waals surface area contributed by atoms with Crippen molar-refractivity contribution in [3.63, 3.8) is 0 Å². The SMILES string of the molecule is C=C[C@@H](c1ccc(F)c(Br)c1)N1CCNCC1.Cl. The Balaban J connectivity index is 0.00000162. The molecule has 100 valence electrons. The van der Waals surface area contributed by atoms with E-state index in [0.29, 0.717) is 4.47 Å². The maximum Gasteiger partial charge on any atom is 0.137 e. The minimum atomic E-state index is -0.225. The zero-order chi connectivity index (χ0) is 12.3. The molecule has 1 aliphatic rings. The summed E-state index contributed by atoms with van der Waals surface area (Å²) in [4.78, 5) is 2.35. The molecule has 0 radical (unpaired) electrons. The molecule has 2 nitrogen and oxygen atoms in total. The minimum absolute atomic E-state index is 0. The van der Waals surface area contributed by atoms with Gasteiger partial charge in [-0.3, -0.25) is 4.90 Å². The number of nitrogens with zero attached hydrogens (tertiary/aromatic N) is 1. The number of rotatable bonds is 3. The Morgan fingerprint density at radius 3 is 2.61 bits per heavy atom. The molecule has 0 spiro atoms. The quantitative estimate of drug-likeness (QED) is 0.854. The predicted octanol–water partition coefficient (Wildman–Crippen LogP) is 3.14. The summed E-state index contributed by atoms with van der Waals surface area (Å²) in [6.07, 6.45) is 1.92. The second-order valence-corrected chi connectivity index (χ2v) is 4.99. The van der Waals surface area contributed by atoms with Gasteiger partial charge in [0.15, 0.2) is 0 Å². The molecule has 0 aromatic heterocycles. The lowest BCUT2D eigenvalue weighted by Gasteiger charge is -2.33. The van der Waals surface area contributed by atoms with Crippen molar-refractivity contribution in [2.45, 2.75) is 6.04 Å². The molecule has 1 fully saturated rings. The van der Waals surface area contributed by atoms with Gasteiger partial charge < -0.3 is 5.32 Å². The van der Waals surface area contributed by atoms with E-state index in [9.17, 15) is 4.39 Å². The number of nitrogens with one attached hydrogen (secondary N) is 1. The Morgan fingerprint density at radius 1 is 1.39 bits per heavy atom. The summed E-state index contributed by atoms with van der Waals surface area (Å²) in [5.41, 5.74) is 1.08. The van der Waals surface area contributed by atoms with E-state index in [1.54, 1.807) is 0 Å². The van der Waals surface area contributed by atoms with E-state index in [1.807, 2.05) is 18.2 Å². The second kappa shape index (κ2) is 7.24. The van der Waals surface area contributed by atoms with E-state index in [4.69, 9.17) is 0 Å². The second-order valence-electron chi connectivity index (χ2n) is 4.14. The number of piperazine rings is 1. The monoisotopic (exact) mass is 334 g/mol. The first kappa shape index (κ1) is 15.6. The van der Waals surface area contributed by atoms with Crippen LogP contribution in [-0.2, 0) is 0 Å². The van der Waals surface area contributed by atoms with Gasteiger partial charge >= 0.3 is 0 Å². The summed E-state index contributed by atoms with van der Waals surface area (Å²) in [5.74, 6) is -0.225. The average molecular weight is 336 g/mol. The molecule has 1 aliphatic heterocycles. The zero-order valence-electron chi connectivity index (χ0n) is 10.0. The van der Waals surface area contributed by atoms with Crippen LogP contribution in [0.25, 0.3) is 0 Å². The van der Waals surface area contributed by atoms with Crippen LogP contribution in [-0.4, -0.2) is 31.1 Å². The Kier molecular flexibility index (Phi) is 6.29. The van der Waals surface area contributed by atoms with Gasteiger partial charge in [0, 0.05) is 26.2 Å². The van der Waals surface area contributed by atoms with Crippen molar-refractivity contribution in [3.8, 4) is 0 Å². The number of halogens is 3. The van der Waals surface area contributed by atoms with E-state index in [1.165, 1.54) is 6.07 Å². The van der Waals surface area contributed by atoms with E-state index < -0.39 is 0 Å². The van der Waals surface area contributed by atoms with E-state index in [0.717, 1.165) is 31.7 Å². The van der Waals surface area contributed by atoms with Crippen LogP contribution in [0.5, 0.6) is 0 Å².